The van der Waals surface area contributed by atoms with Gasteiger partial charge in [0.2, 0.25) is 0 Å². The minimum Gasteiger partial charge on any atom is -0.467 e. The molecule has 1 aromatic carbocycles. The van der Waals surface area contributed by atoms with E-state index in [2.05, 4.69) is 20.3 Å². The van der Waals surface area contributed by atoms with Crippen molar-refractivity contribution in [3.63, 3.8) is 0 Å². The van der Waals surface area contributed by atoms with E-state index in [0.717, 1.165) is 44.8 Å². The molecule has 1 fully saturated rings. The molecule has 0 aliphatic carbocycles. The number of morpholine rings is 1. The van der Waals surface area contributed by atoms with Gasteiger partial charge in [-0.2, -0.15) is 4.98 Å². The molecule has 8 nitrogen and oxygen atoms in total. The smallest absolute Gasteiger partial charge is 0.314 e. The van der Waals surface area contributed by atoms with E-state index in [1.54, 1.807) is 31.0 Å². The summed E-state index contributed by atoms with van der Waals surface area (Å²) in [4.78, 5) is 19.1. The highest BCUT2D eigenvalue weighted by atomic mass is 16.5. The number of aromatic nitrogens is 3. The van der Waals surface area contributed by atoms with Crippen molar-refractivity contribution in [3.05, 3.63) is 29.8 Å². The van der Waals surface area contributed by atoms with E-state index in [-0.39, 0.29) is 5.91 Å². The van der Waals surface area contributed by atoms with Crippen LogP contribution in [0.2, 0.25) is 0 Å². The van der Waals surface area contributed by atoms with Gasteiger partial charge in [0, 0.05) is 37.8 Å². The number of hydrogen-bond acceptors (Lipinski definition) is 6. The van der Waals surface area contributed by atoms with Crippen LogP contribution in [0.25, 0.3) is 11.4 Å². The minimum atomic E-state index is -0.0864. The maximum absolute atomic E-state index is 12.4. The molecule has 140 valence electrons. The number of rotatable bonds is 7. The zero-order valence-electron chi connectivity index (χ0n) is 15.3. The Labute approximate surface area is 153 Å². The van der Waals surface area contributed by atoms with Crippen LogP contribution in [-0.2, 0) is 11.8 Å². The number of methoxy groups -OCH3 is 1. The third-order valence-corrected chi connectivity index (χ3v) is 4.33. The first-order valence-corrected chi connectivity index (χ1v) is 8.81. The van der Waals surface area contributed by atoms with E-state index >= 15 is 0 Å². The van der Waals surface area contributed by atoms with Crippen LogP contribution in [-0.4, -0.2) is 72.1 Å². The Kier molecular flexibility index (Phi) is 6.19. The molecule has 0 bridgehead atoms. The monoisotopic (exact) mass is 359 g/mol. The van der Waals surface area contributed by atoms with Gasteiger partial charge in [0.25, 0.3) is 5.91 Å². The van der Waals surface area contributed by atoms with Crippen molar-refractivity contribution in [2.24, 2.45) is 7.05 Å². The lowest BCUT2D eigenvalue weighted by atomic mass is 10.1. The van der Waals surface area contributed by atoms with Gasteiger partial charge >= 0.3 is 6.01 Å². The molecule has 3 rings (SSSR count). The first-order valence-electron chi connectivity index (χ1n) is 8.81. The number of nitrogens with one attached hydrogen (secondary N) is 1. The maximum Gasteiger partial charge on any atom is 0.314 e. The molecular weight excluding hydrogens is 334 g/mol. The maximum atomic E-state index is 12.4. The van der Waals surface area contributed by atoms with Crippen LogP contribution in [0.3, 0.4) is 0 Å². The summed E-state index contributed by atoms with van der Waals surface area (Å²) in [6.45, 7) is 5.15. The Bertz CT molecular complexity index is 740. The molecule has 1 N–H and O–H groups in total. The molecule has 1 amide bonds. The average Bonchev–Trinajstić information content (AvgIpc) is 3.07. The summed E-state index contributed by atoms with van der Waals surface area (Å²) in [6.07, 6.45) is 0.921. The Morgan fingerprint density at radius 1 is 1.35 bits per heavy atom. The quantitative estimate of drug-likeness (QED) is 0.741. The van der Waals surface area contributed by atoms with Crippen molar-refractivity contribution in [1.82, 2.24) is 25.0 Å². The number of hydrogen-bond donors (Lipinski definition) is 1. The predicted molar refractivity (Wildman–Crippen MR) is 97.2 cm³/mol. The summed E-state index contributed by atoms with van der Waals surface area (Å²) in [5, 5.41) is 7.29. The fourth-order valence-electron chi connectivity index (χ4n) is 2.90. The molecule has 0 unspecified atom stereocenters. The van der Waals surface area contributed by atoms with Gasteiger partial charge in [-0.25, -0.2) is 4.68 Å². The van der Waals surface area contributed by atoms with E-state index in [1.807, 2.05) is 12.1 Å². The fraction of sp³-hybridized carbons (Fsp3) is 0.500. The zero-order chi connectivity index (χ0) is 18.4. The highest BCUT2D eigenvalue weighted by molar-refractivity contribution is 5.95. The lowest BCUT2D eigenvalue weighted by Crippen LogP contribution is -2.38. The highest BCUT2D eigenvalue weighted by Gasteiger charge is 2.13. The summed E-state index contributed by atoms with van der Waals surface area (Å²) >= 11 is 0. The van der Waals surface area contributed by atoms with Crippen molar-refractivity contribution < 1.29 is 14.3 Å². The first-order chi connectivity index (χ1) is 12.7. The van der Waals surface area contributed by atoms with Crippen LogP contribution in [0.4, 0.5) is 0 Å². The largest absolute Gasteiger partial charge is 0.467 e. The summed E-state index contributed by atoms with van der Waals surface area (Å²) in [7, 11) is 3.31. The first kappa shape index (κ1) is 18.3. The van der Waals surface area contributed by atoms with Crippen molar-refractivity contribution in [1.29, 1.82) is 0 Å². The molecule has 0 saturated carbocycles. The van der Waals surface area contributed by atoms with Crippen molar-refractivity contribution in [2.75, 3.05) is 46.5 Å². The van der Waals surface area contributed by atoms with E-state index < -0.39 is 0 Å². The van der Waals surface area contributed by atoms with Crippen LogP contribution in [0.15, 0.2) is 24.3 Å². The van der Waals surface area contributed by atoms with Crippen molar-refractivity contribution in [3.8, 4) is 17.4 Å². The van der Waals surface area contributed by atoms with Crippen LogP contribution >= 0.6 is 0 Å². The van der Waals surface area contributed by atoms with Crippen molar-refractivity contribution >= 4 is 5.91 Å². The number of nitrogens with zero attached hydrogens (tertiary/aromatic N) is 4. The summed E-state index contributed by atoms with van der Waals surface area (Å²) in [5.74, 6) is 0.447. The molecular formula is C18H25N5O3. The second-order valence-electron chi connectivity index (χ2n) is 6.19. The number of amides is 1. The van der Waals surface area contributed by atoms with Crippen LogP contribution in [0.1, 0.15) is 16.8 Å². The topological polar surface area (TPSA) is 81.5 Å². The van der Waals surface area contributed by atoms with Crippen molar-refractivity contribution in [2.45, 2.75) is 6.42 Å². The average molecular weight is 359 g/mol. The number of carbonyl (C=O) groups is 1. The molecule has 2 aromatic rings. The van der Waals surface area contributed by atoms with Crippen LogP contribution < -0.4 is 10.1 Å². The van der Waals surface area contributed by atoms with Gasteiger partial charge in [0.1, 0.15) is 0 Å². The molecule has 0 atom stereocenters. The van der Waals surface area contributed by atoms with Gasteiger partial charge < -0.3 is 14.8 Å². The lowest BCUT2D eigenvalue weighted by molar-refractivity contribution is 0.0374. The Morgan fingerprint density at radius 3 is 2.88 bits per heavy atom. The third kappa shape index (κ3) is 4.59. The predicted octanol–water partition coefficient (Wildman–Crippen LogP) is 0.943. The fourth-order valence-corrected chi connectivity index (χ4v) is 2.90. The SMILES string of the molecule is COc1nc(-c2cccc(C(=O)NCCCN3CCOCC3)c2)nn1C. The molecule has 1 aliphatic heterocycles. The van der Waals surface area contributed by atoms with Gasteiger partial charge in [-0.3, -0.25) is 9.69 Å². The van der Waals surface area contributed by atoms with E-state index in [1.165, 1.54) is 0 Å². The van der Waals surface area contributed by atoms with E-state index in [9.17, 15) is 4.79 Å². The normalized spacial score (nSPS) is 15.0. The van der Waals surface area contributed by atoms with E-state index in [4.69, 9.17) is 9.47 Å². The third-order valence-electron chi connectivity index (χ3n) is 4.33. The summed E-state index contributed by atoms with van der Waals surface area (Å²) in [5.41, 5.74) is 1.38. The number of carbonyl (C=O) groups excluding carboxylic acids is 1. The summed E-state index contributed by atoms with van der Waals surface area (Å²) in [6, 6.07) is 7.73. The molecule has 2 heterocycles. The molecule has 1 saturated heterocycles. The molecule has 1 aliphatic rings. The van der Waals surface area contributed by atoms with Gasteiger partial charge in [-0.15, -0.1) is 5.10 Å². The van der Waals surface area contributed by atoms with Gasteiger partial charge in [-0.05, 0) is 25.1 Å². The molecule has 0 spiro atoms. The second kappa shape index (κ2) is 8.77. The van der Waals surface area contributed by atoms with Gasteiger partial charge in [0.05, 0.1) is 20.3 Å². The number of aryl methyl sites for hydroxylation is 1. The minimum absolute atomic E-state index is 0.0864. The highest BCUT2D eigenvalue weighted by Crippen LogP contribution is 2.19. The lowest BCUT2D eigenvalue weighted by Gasteiger charge is -2.26. The van der Waals surface area contributed by atoms with Gasteiger partial charge in [-0.1, -0.05) is 12.1 Å². The van der Waals surface area contributed by atoms with Crippen LogP contribution in [0, 0.1) is 0 Å². The van der Waals surface area contributed by atoms with E-state index in [0.29, 0.717) is 23.9 Å². The van der Waals surface area contributed by atoms with Gasteiger partial charge in [0.15, 0.2) is 5.82 Å². The van der Waals surface area contributed by atoms with Crippen LogP contribution in [0.5, 0.6) is 6.01 Å². The number of benzene rings is 1. The zero-order valence-corrected chi connectivity index (χ0v) is 15.3. The molecule has 1 aromatic heterocycles. The summed E-state index contributed by atoms with van der Waals surface area (Å²) < 4.78 is 12.0. The Balaban J connectivity index is 1.54. The standard InChI is InChI=1S/C18H25N5O3/c1-22-18(25-2)20-16(21-22)14-5-3-6-15(13-14)17(24)19-7-4-8-23-9-11-26-12-10-23/h3,5-6,13H,4,7-12H2,1-2H3,(H,19,24). The molecule has 0 radical (unpaired) electrons. The second-order valence-corrected chi connectivity index (χ2v) is 6.19. The molecule has 26 heavy (non-hydrogen) atoms. The Morgan fingerprint density at radius 2 is 2.15 bits per heavy atom. The number of ether oxygens (including phenoxy) is 2. The Hall–Kier alpha value is -2.45. The molecule has 8 heteroatoms.